The molecule has 1 heterocycles. The lowest BCUT2D eigenvalue weighted by atomic mass is 10.1. The third-order valence-electron chi connectivity index (χ3n) is 3.48. The number of hydrogen-bond acceptors (Lipinski definition) is 1. The van der Waals surface area contributed by atoms with Crippen LogP contribution in [0.25, 0.3) is 16.7 Å². The molecule has 3 rings (SSSR count). The molecule has 0 aliphatic heterocycles. The number of nitrogens with zero attached hydrogens (tertiary/aromatic N) is 2. The van der Waals surface area contributed by atoms with E-state index in [1.807, 2.05) is 0 Å². The molecular formula is C16H13ClF2N2. The van der Waals surface area contributed by atoms with Crippen LogP contribution in [0.5, 0.6) is 0 Å². The summed E-state index contributed by atoms with van der Waals surface area (Å²) in [5.41, 5.74) is 2.43. The van der Waals surface area contributed by atoms with Gasteiger partial charge in [-0.3, -0.25) is 4.57 Å². The zero-order valence-electron chi connectivity index (χ0n) is 11.4. The standard InChI is InChI=1S/C16H13ClF2N2/c1-10-12(19)3-2-4-14(10)21-15-9-11(18)5-6-13(15)20-16(21)7-8-17/h2-6,9H,7-8H2,1H3. The first-order chi connectivity index (χ1) is 10.1. The Bertz CT molecular complexity index is 811. The first-order valence-corrected chi connectivity index (χ1v) is 7.13. The number of halogens is 3. The Kier molecular flexibility index (Phi) is 3.64. The highest BCUT2D eigenvalue weighted by atomic mass is 35.5. The molecule has 0 spiro atoms. The molecule has 0 saturated carbocycles. The first kappa shape index (κ1) is 14.0. The fourth-order valence-electron chi connectivity index (χ4n) is 2.46. The van der Waals surface area contributed by atoms with Crippen LogP contribution in [-0.4, -0.2) is 15.4 Å². The molecule has 2 aromatic carbocycles. The molecule has 0 fully saturated rings. The van der Waals surface area contributed by atoms with Gasteiger partial charge in [-0.1, -0.05) is 6.07 Å². The summed E-state index contributed by atoms with van der Waals surface area (Å²) in [7, 11) is 0. The number of imidazole rings is 1. The molecule has 0 amide bonds. The number of aryl methyl sites for hydroxylation is 1. The van der Waals surface area contributed by atoms with E-state index in [0.29, 0.717) is 40.4 Å². The van der Waals surface area contributed by atoms with Crippen molar-refractivity contribution in [1.29, 1.82) is 0 Å². The van der Waals surface area contributed by atoms with E-state index in [1.54, 1.807) is 29.7 Å². The third-order valence-corrected chi connectivity index (χ3v) is 3.67. The van der Waals surface area contributed by atoms with Crippen molar-refractivity contribution in [2.24, 2.45) is 0 Å². The Labute approximate surface area is 126 Å². The van der Waals surface area contributed by atoms with Gasteiger partial charge in [0.1, 0.15) is 17.5 Å². The van der Waals surface area contributed by atoms with Gasteiger partial charge >= 0.3 is 0 Å². The Morgan fingerprint density at radius 1 is 1.19 bits per heavy atom. The van der Waals surface area contributed by atoms with Crippen LogP contribution in [-0.2, 0) is 6.42 Å². The molecule has 0 atom stereocenters. The number of aromatic nitrogens is 2. The van der Waals surface area contributed by atoms with Crippen molar-refractivity contribution in [1.82, 2.24) is 9.55 Å². The second-order valence-corrected chi connectivity index (χ2v) is 5.20. The Morgan fingerprint density at radius 3 is 2.76 bits per heavy atom. The van der Waals surface area contributed by atoms with Gasteiger partial charge in [0.05, 0.1) is 16.7 Å². The van der Waals surface area contributed by atoms with Crippen LogP contribution in [0.1, 0.15) is 11.4 Å². The van der Waals surface area contributed by atoms with Crippen molar-refractivity contribution in [3.63, 3.8) is 0 Å². The van der Waals surface area contributed by atoms with Crippen molar-refractivity contribution in [2.45, 2.75) is 13.3 Å². The van der Waals surface area contributed by atoms with E-state index >= 15 is 0 Å². The van der Waals surface area contributed by atoms with Crippen LogP contribution < -0.4 is 0 Å². The maximum absolute atomic E-state index is 13.8. The fourth-order valence-corrected chi connectivity index (χ4v) is 2.63. The monoisotopic (exact) mass is 306 g/mol. The largest absolute Gasteiger partial charge is 0.296 e. The molecule has 2 nitrogen and oxygen atoms in total. The van der Waals surface area contributed by atoms with E-state index < -0.39 is 0 Å². The SMILES string of the molecule is Cc1c(F)cccc1-n1c(CCCl)nc2ccc(F)cc21. The van der Waals surface area contributed by atoms with Crippen LogP contribution in [0.15, 0.2) is 36.4 Å². The summed E-state index contributed by atoms with van der Waals surface area (Å²) in [5.74, 6) is 0.428. The molecule has 5 heteroatoms. The number of benzene rings is 2. The van der Waals surface area contributed by atoms with Gasteiger partial charge in [0, 0.05) is 23.9 Å². The predicted molar refractivity (Wildman–Crippen MR) is 80.1 cm³/mol. The van der Waals surface area contributed by atoms with E-state index in [2.05, 4.69) is 4.98 Å². The number of rotatable bonds is 3. The lowest BCUT2D eigenvalue weighted by Crippen LogP contribution is -2.05. The Balaban J connectivity index is 2.35. The number of hydrogen-bond donors (Lipinski definition) is 0. The van der Waals surface area contributed by atoms with Gasteiger partial charge in [-0.2, -0.15) is 0 Å². The average Bonchev–Trinajstić information content (AvgIpc) is 2.80. The molecule has 21 heavy (non-hydrogen) atoms. The molecule has 0 aliphatic carbocycles. The molecule has 0 unspecified atom stereocenters. The maximum Gasteiger partial charge on any atom is 0.128 e. The molecule has 0 aliphatic rings. The zero-order valence-corrected chi connectivity index (χ0v) is 12.2. The summed E-state index contributed by atoms with van der Waals surface area (Å²) in [6.45, 7) is 1.69. The predicted octanol–water partition coefficient (Wildman–Crippen LogP) is 4.39. The minimum atomic E-state index is -0.352. The molecule has 0 saturated heterocycles. The highest BCUT2D eigenvalue weighted by Gasteiger charge is 2.15. The van der Waals surface area contributed by atoms with Crippen LogP contribution in [0, 0.1) is 18.6 Å². The zero-order chi connectivity index (χ0) is 15.0. The van der Waals surface area contributed by atoms with Gasteiger partial charge < -0.3 is 0 Å². The van der Waals surface area contributed by atoms with E-state index in [-0.39, 0.29) is 11.6 Å². The summed E-state index contributed by atoms with van der Waals surface area (Å²) in [6.07, 6.45) is 0.522. The average molecular weight is 307 g/mol. The van der Waals surface area contributed by atoms with Crippen molar-refractivity contribution in [2.75, 3.05) is 5.88 Å². The summed E-state index contributed by atoms with van der Waals surface area (Å²) in [4.78, 5) is 4.48. The van der Waals surface area contributed by atoms with Crippen LogP contribution >= 0.6 is 11.6 Å². The van der Waals surface area contributed by atoms with Crippen molar-refractivity contribution < 1.29 is 8.78 Å². The van der Waals surface area contributed by atoms with Crippen molar-refractivity contribution >= 4 is 22.6 Å². The molecule has 0 radical (unpaired) electrons. The normalized spacial score (nSPS) is 11.2. The van der Waals surface area contributed by atoms with Crippen molar-refractivity contribution in [3.05, 3.63) is 59.4 Å². The topological polar surface area (TPSA) is 17.8 Å². The summed E-state index contributed by atoms with van der Waals surface area (Å²) in [5, 5.41) is 0. The molecule has 108 valence electrons. The molecule has 0 N–H and O–H groups in total. The Hall–Kier alpha value is -1.94. The van der Waals surface area contributed by atoms with Crippen LogP contribution in [0.4, 0.5) is 8.78 Å². The first-order valence-electron chi connectivity index (χ1n) is 6.60. The third kappa shape index (κ3) is 2.40. The molecule has 3 aromatic rings. The van der Waals surface area contributed by atoms with Gasteiger partial charge in [-0.25, -0.2) is 13.8 Å². The van der Waals surface area contributed by atoms with Gasteiger partial charge in [0.2, 0.25) is 0 Å². The number of alkyl halides is 1. The number of fused-ring (bicyclic) bond motifs is 1. The highest BCUT2D eigenvalue weighted by Crippen LogP contribution is 2.26. The molecular weight excluding hydrogens is 294 g/mol. The summed E-state index contributed by atoms with van der Waals surface area (Å²) >= 11 is 5.82. The van der Waals surface area contributed by atoms with Gasteiger partial charge in [-0.05, 0) is 31.2 Å². The van der Waals surface area contributed by atoms with Crippen LogP contribution in [0.3, 0.4) is 0 Å². The summed E-state index contributed by atoms with van der Waals surface area (Å²) in [6, 6.07) is 9.22. The van der Waals surface area contributed by atoms with Gasteiger partial charge in [0.25, 0.3) is 0 Å². The van der Waals surface area contributed by atoms with Gasteiger partial charge in [0.15, 0.2) is 0 Å². The van der Waals surface area contributed by atoms with E-state index in [1.165, 1.54) is 18.2 Å². The van der Waals surface area contributed by atoms with E-state index in [9.17, 15) is 8.78 Å². The maximum atomic E-state index is 13.8. The lowest BCUT2D eigenvalue weighted by Gasteiger charge is -2.12. The summed E-state index contributed by atoms with van der Waals surface area (Å²) < 4.78 is 29.2. The second-order valence-electron chi connectivity index (χ2n) is 4.82. The highest BCUT2D eigenvalue weighted by molar-refractivity contribution is 6.17. The fraction of sp³-hybridized carbons (Fsp3) is 0.188. The molecule has 1 aromatic heterocycles. The van der Waals surface area contributed by atoms with E-state index in [4.69, 9.17) is 11.6 Å². The molecule has 0 bridgehead atoms. The van der Waals surface area contributed by atoms with Gasteiger partial charge in [-0.15, -0.1) is 11.6 Å². The lowest BCUT2D eigenvalue weighted by molar-refractivity contribution is 0.616. The smallest absolute Gasteiger partial charge is 0.128 e. The minimum absolute atomic E-state index is 0.303. The Morgan fingerprint density at radius 2 is 2.00 bits per heavy atom. The van der Waals surface area contributed by atoms with Crippen molar-refractivity contribution in [3.8, 4) is 5.69 Å². The second kappa shape index (κ2) is 5.45. The van der Waals surface area contributed by atoms with Crippen LogP contribution in [0.2, 0.25) is 0 Å². The van der Waals surface area contributed by atoms with E-state index in [0.717, 1.165) is 0 Å². The minimum Gasteiger partial charge on any atom is -0.296 e. The quantitative estimate of drug-likeness (QED) is 0.656.